The molecule has 0 unspecified atom stereocenters. The second-order valence-electron chi connectivity index (χ2n) is 4.58. The van der Waals surface area contributed by atoms with Crippen molar-refractivity contribution in [3.05, 3.63) is 48.7 Å². The molecule has 1 heterocycles. The van der Waals surface area contributed by atoms with Crippen LogP contribution in [0.2, 0.25) is 0 Å². The number of nitrogens with zero attached hydrogens (tertiary/aromatic N) is 2. The standard InChI is InChI=1S/C16H18N2O2/c1-3-9-18(10-4-2)15-11-14(16(19)20)17-13-8-6-5-7-12(13)15/h3,5-8,11H,1,4,9-10H2,2H3,(H,19,20). The second-order valence-corrected chi connectivity index (χ2v) is 4.58. The molecule has 0 saturated carbocycles. The lowest BCUT2D eigenvalue weighted by atomic mass is 10.1. The Bertz CT molecular complexity index is 637. The molecule has 0 aliphatic carbocycles. The Morgan fingerprint density at radius 3 is 2.85 bits per heavy atom. The van der Waals surface area contributed by atoms with Gasteiger partial charge in [0.25, 0.3) is 0 Å². The molecule has 0 aliphatic rings. The number of para-hydroxylation sites is 1. The van der Waals surface area contributed by atoms with Crippen molar-refractivity contribution in [1.29, 1.82) is 0 Å². The summed E-state index contributed by atoms with van der Waals surface area (Å²) >= 11 is 0. The van der Waals surface area contributed by atoms with Crippen LogP contribution in [0, 0.1) is 0 Å². The Morgan fingerprint density at radius 2 is 2.20 bits per heavy atom. The zero-order valence-corrected chi connectivity index (χ0v) is 11.5. The predicted molar refractivity (Wildman–Crippen MR) is 81.4 cm³/mol. The fourth-order valence-corrected chi connectivity index (χ4v) is 2.26. The van der Waals surface area contributed by atoms with E-state index in [0.29, 0.717) is 12.1 Å². The highest BCUT2D eigenvalue weighted by atomic mass is 16.4. The molecule has 20 heavy (non-hydrogen) atoms. The summed E-state index contributed by atoms with van der Waals surface area (Å²) in [6, 6.07) is 9.25. The van der Waals surface area contributed by atoms with Crippen LogP contribution in [0.15, 0.2) is 43.0 Å². The average molecular weight is 270 g/mol. The third kappa shape index (κ3) is 2.79. The van der Waals surface area contributed by atoms with Crippen molar-refractivity contribution in [2.45, 2.75) is 13.3 Å². The Balaban J connectivity index is 2.64. The van der Waals surface area contributed by atoms with Gasteiger partial charge in [-0.15, -0.1) is 6.58 Å². The molecule has 4 nitrogen and oxygen atoms in total. The Hall–Kier alpha value is -2.36. The SMILES string of the molecule is C=CCN(CCC)c1cc(C(=O)O)nc2ccccc12. The topological polar surface area (TPSA) is 53.4 Å². The lowest BCUT2D eigenvalue weighted by Crippen LogP contribution is -2.24. The largest absolute Gasteiger partial charge is 0.477 e. The molecule has 0 atom stereocenters. The number of rotatable bonds is 6. The first-order valence-electron chi connectivity index (χ1n) is 6.66. The fourth-order valence-electron chi connectivity index (χ4n) is 2.26. The normalized spacial score (nSPS) is 10.4. The quantitative estimate of drug-likeness (QED) is 0.818. The van der Waals surface area contributed by atoms with Crippen molar-refractivity contribution >= 4 is 22.6 Å². The molecule has 104 valence electrons. The van der Waals surface area contributed by atoms with E-state index in [1.165, 1.54) is 0 Å². The van der Waals surface area contributed by atoms with Crippen molar-refractivity contribution in [1.82, 2.24) is 4.98 Å². The van der Waals surface area contributed by atoms with Crippen molar-refractivity contribution in [2.24, 2.45) is 0 Å². The molecule has 0 saturated heterocycles. The summed E-state index contributed by atoms with van der Waals surface area (Å²) in [5.41, 5.74) is 1.67. The van der Waals surface area contributed by atoms with Gasteiger partial charge in [-0.1, -0.05) is 31.2 Å². The van der Waals surface area contributed by atoms with Crippen LogP contribution in [0.4, 0.5) is 5.69 Å². The van der Waals surface area contributed by atoms with E-state index in [0.717, 1.165) is 24.0 Å². The summed E-state index contributed by atoms with van der Waals surface area (Å²) in [5.74, 6) is -1.01. The molecule has 0 amide bonds. The first-order chi connectivity index (χ1) is 9.67. The monoisotopic (exact) mass is 270 g/mol. The van der Waals surface area contributed by atoms with Crippen molar-refractivity contribution in [3.63, 3.8) is 0 Å². The highest BCUT2D eigenvalue weighted by Gasteiger charge is 2.14. The Labute approximate surface area is 118 Å². The van der Waals surface area contributed by atoms with Gasteiger partial charge in [0.1, 0.15) is 0 Å². The van der Waals surface area contributed by atoms with Crippen molar-refractivity contribution in [3.8, 4) is 0 Å². The summed E-state index contributed by atoms with van der Waals surface area (Å²) in [6.07, 6.45) is 2.80. The van der Waals surface area contributed by atoms with Gasteiger partial charge in [-0.25, -0.2) is 9.78 Å². The minimum Gasteiger partial charge on any atom is -0.477 e. The Morgan fingerprint density at radius 1 is 1.45 bits per heavy atom. The molecule has 0 fully saturated rings. The van der Waals surface area contributed by atoms with Gasteiger partial charge in [-0.2, -0.15) is 0 Å². The molecule has 1 aromatic heterocycles. The molecular formula is C16H18N2O2. The van der Waals surface area contributed by atoms with Crippen LogP contribution < -0.4 is 4.90 Å². The van der Waals surface area contributed by atoms with E-state index in [-0.39, 0.29) is 5.69 Å². The van der Waals surface area contributed by atoms with E-state index in [2.05, 4.69) is 23.4 Å². The number of benzene rings is 1. The van der Waals surface area contributed by atoms with Crippen LogP contribution in [0.1, 0.15) is 23.8 Å². The van der Waals surface area contributed by atoms with Gasteiger partial charge in [0.15, 0.2) is 5.69 Å². The van der Waals surface area contributed by atoms with E-state index < -0.39 is 5.97 Å². The van der Waals surface area contributed by atoms with Crippen LogP contribution in [-0.4, -0.2) is 29.1 Å². The number of hydrogen-bond donors (Lipinski definition) is 1. The van der Waals surface area contributed by atoms with Gasteiger partial charge < -0.3 is 10.0 Å². The minimum absolute atomic E-state index is 0.0730. The zero-order chi connectivity index (χ0) is 14.5. The maximum absolute atomic E-state index is 11.2. The van der Waals surface area contributed by atoms with Gasteiger partial charge in [0.2, 0.25) is 0 Å². The molecule has 0 spiro atoms. The van der Waals surface area contributed by atoms with Gasteiger partial charge in [0, 0.05) is 24.2 Å². The second kappa shape index (κ2) is 6.19. The molecule has 4 heteroatoms. The first kappa shape index (κ1) is 14.1. The van der Waals surface area contributed by atoms with Gasteiger partial charge in [-0.05, 0) is 18.6 Å². The maximum Gasteiger partial charge on any atom is 0.354 e. The van der Waals surface area contributed by atoms with Crippen LogP contribution >= 0.6 is 0 Å². The average Bonchev–Trinajstić information content (AvgIpc) is 2.46. The number of hydrogen-bond acceptors (Lipinski definition) is 3. The van der Waals surface area contributed by atoms with Crippen molar-refractivity contribution < 1.29 is 9.90 Å². The number of pyridine rings is 1. The number of carbonyl (C=O) groups is 1. The molecule has 0 bridgehead atoms. The highest BCUT2D eigenvalue weighted by Crippen LogP contribution is 2.27. The van der Waals surface area contributed by atoms with Gasteiger partial charge in [-0.3, -0.25) is 0 Å². The van der Waals surface area contributed by atoms with Gasteiger partial charge >= 0.3 is 5.97 Å². The fraction of sp³-hybridized carbons (Fsp3) is 0.250. The first-order valence-corrected chi connectivity index (χ1v) is 6.66. The lowest BCUT2D eigenvalue weighted by Gasteiger charge is -2.24. The van der Waals surface area contributed by atoms with Crippen LogP contribution in [0.5, 0.6) is 0 Å². The molecule has 2 rings (SSSR count). The van der Waals surface area contributed by atoms with E-state index in [1.807, 2.05) is 30.3 Å². The highest BCUT2D eigenvalue weighted by molar-refractivity contribution is 5.97. The molecule has 1 aromatic carbocycles. The summed E-state index contributed by atoms with van der Waals surface area (Å²) in [4.78, 5) is 17.5. The molecule has 0 radical (unpaired) electrons. The van der Waals surface area contributed by atoms with Crippen LogP contribution in [0.25, 0.3) is 10.9 Å². The van der Waals surface area contributed by atoms with E-state index >= 15 is 0 Å². The zero-order valence-electron chi connectivity index (χ0n) is 11.5. The maximum atomic E-state index is 11.2. The summed E-state index contributed by atoms with van der Waals surface area (Å²) in [7, 11) is 0. The third-order valence-electron chi connectivity index (χ3n) is 3.10. The number of carboxylic acids is 1. The van der Waals surface area contributed by atoms with E-state index in [9.17, 15) is 9.90 Å². The molecule has 1 N–H and O–H groups in total. The number of fused-ring (bicyclic) bond motifs is 1. The summed E-state index contributed by atoms with van der Waals surface area (Å²) in [5, 5.41) is 10.2. The van der Waals surface area contributed by atoms with E-state index in [4.69, 9.17) is 0 Å². The summed E-state index contributed by atoms with van der Waals surface area (Å²) in [6.45, 7) is 7.39. The smallest absolute Gasteiger partial charge is 0.354 e. The Kier molecular flexibility index (Phi) is 4.35. The van der Waals surface area contributed by atoms with E-state index in [1.54, 1.807) is 6.07 Å². The molecule has 0 aliphatic heterocycles. The summed E-state index contributed by atoms with van der Waals surface area (Å²) < 4.78 is 0. The lowest BCUT2D eigenvalue weighted by molar-refractivity contribution is 0.0691. The minimum atomic E-state index is -1.01. The van der Waals surface area contributed by atoms with Gasteiger partial charge in [0.05, 0.1) is 5.52 Å². The number of carboxylic acid groups (broad SMARTS) is 1. The number of aromatic carboxylic acids is 1. The molecular weight excluding hydrogens is 252 g/mol. The van der Waals surface area contributed by atoms with Crippen molar-refractivity contribution in [2.75, 3.05) is 18.0 Å². The van der Waals surface area contributed by atoms with Crippen LogP contribution in [-0.2, 0) is 0 Å². The predicted octanol–water partition coefficient (Wildman–Crippen LogP) is 3.34. The number of anilines is 1. The van der Waals surface area contributed by atoms with Crippen LogP contribution in [0.3, 0.4) is 0 Å². The third-order valence-corrected chi connectivity index (χ3v) is 3.10. The molecule has 2 aromatic rings. The number of aromatic nitrogens is 1.